The molecule has 0 spiro atoms. The van der Waals surface area contributed by atoms with Crippen LogP contribution in [0.25, 0.3) is 0 Å². The topological polar surface area (TPSA) is 81.3 Å². The minimum absolute atomic E-state index is 0.111. The van der Waals surface area contributed by atoms with Crippen molar-refractivity contribution in [3.05, 3.63) is 29.3 Å². The molecule has 2 N–H and O–H groups in total. The molecule has 122 valence electrons. The van der Waals surface area contributed by atoms with E-state index in [9.17, 15) is 14.7 Å². The first-order valence-corrected chi connectivity index (χ1v) is 7.83. The second-order valence-corrected chi connectivity index (χ2v) is 5.81. The number of carboxylic acid groups (broad SMARTS) is 1. The lowest BCUT2D eigenvalue weighted by molar-refractivity contribution is -0.313. The van der Waals surface area contributed by atoms with Crippen LogP contribution in [-0.2, 0) is 9.59 Å². The van der Waals surface area contributed by atoms with Gasteiger partial charge in [-0.25, -0.2) is 0 Å². The highest BCUT2D eigenvalue weighted by Crippen LogP contribution is 2.22. The van der Waals surface area contributed by atoms with Gasteiger partial charge in [0, 0.05) is 18.3 Å². The van der Waals surface area contributed by atoms with Crippen molar-refractivity contribution in [1.82, 2.24) is 5.43 Å². The molecule has 1 rings (SSSR count). The van der Waals surface area contributed by atoms with Crippen molar-refractivity contribution in [3.63, 3.8) is 0 Å². The Hall–Kier alpha value is -1.75. The number of carbonyl (C=O) groups is 2. The minimum atomic E-state index is -1.09. The molecule has 1 aromatic rings. The van der Waals surface area contributed by atoms with Crippen molar-refractivity contribution < 1.29 is 14.7 Å². The number of rotatable bonds is 9. The zero-order valence-corrected chi connectivity index (χ0v) is 13.7. The molecule has 1 amide bonds. The smallest absolute Gasteiger partial charge is 0.238 e. The van der Waals surface area contributed by atoms with Gasteiger partial charge in [-0.15, -0.1) is 0 Å². The number of carbonyl (C=O) groups excluding carboxylic acids is 2. The van der Waals surface area contributed by atoms with Crippen molar-refractivity contribution in [3.8, 4) is 0 Å². The quantitative estimate of drug-likeness (QED) is 0.683. The van der Waals surface area contributed by atoms with Crippen LogP contribution in [0.15, 0.2) is 24.3 Å². The standard InChI is InChI=1S/C16H23ClN2O3/c1-3-4-7-12(16(21)22)11(2)10-15(20)19-18-14-9-6-5-8-13(14)17/h5-6,8-9,11-12,18H,3-4,7,10H2,1-2H3,(H,19,20)(H,21,22)/p-1/t11-,12+/m0/s1. The number of carboxylic acids is 1. The predicted octanol–water partition coefficient (Wildman–Crippen LogP) is 2.37. The molecule has 0 aliphatic carbocycles. The van der Waals surface area contributed by atoms with Crippen LogP contribution in [-0.4, -0.2) is 11.9 Å². The van der Waals surface area contributed by atoms with E-state index in [1.165, 1.54) is 0 Å². The van der Waals surface area contributed by atoms with Crippen LogP contribution in [0, 0.1) is 11.8 Å². The Morgan fingerprint density at radius 1 is 1.32 bits per heavy atom. The number of anilines is 1. The summed E-state index contributed by atoms with van der Waals surface area (Å²) in [5.41, 5.74) is 5.86. The van der Waals surface area contributed by atoms with Crippen molar-refractivity contribution in [1.29, 1.82) is 0 Å². The maximum absolute atomic E-state index is 11.9. The number of halogens is 1. The number of nitrogens with one attached hydrogen (secondary N) is 2. The van der Waals surface area contributed by atoms with Gasteiger partial charge >= 0.3 is 0 Å². The lowest BCUT2D eigenvalue weighted by Gasteiger charge is -2.24. The van der Waals surface area contributed by atoms with Crippen molar-refractivity contribution in [2.75, 3.05) is 5.43 Å². The first-order valence-electron chi connectivity index (χ1n) is 7.46. The van der Waals surface area contributed by atoms with Gasteiger partial charge in [-0.3, -0.25) is 15.6 Å². The first kappa shape index (κ1) is 18.3. The number of hydrogen-bond donors (Lipinski definition) is 2. The zero-order chi connectivity index (χ0) is 16.5. The van der Waals surface area contributed by atoms with Crippen molar-refractivity contribution in [2.45, 2.75) is 39.5 Å². The van der Waals surface area contributed by atoms with Gasteiger partial charge in [-0.2, -0.15) is 0 Å². The Morgan fingerprint density at radius 3 is 2.59 bits per heavy atom. The van der Waals surface area contributed by atoms with Gasteiger partial charge in [0.05, 0.1) is 10.7 Å². The Balaban J connectivity index is 2.49. The van der Waals surface area contributed by atoms with Gasteiger partial charge in [0.1, 0.15) is 0 Å². The Kier molecular flexibility index (Phi) is 7.74. The van der Waals surface area contributed by atoms with Gasteiger partial charge in [0.2, 0.25) is 5.91 Å². The van der Waals surface area contributed by atoms with Crippen LogP contribution in [0.5, 0.6) is 0 Å². The monoisotopic (exact) mass is 325 g/mol. The fourth-order valence-electron chi connectivity index (χ4n) is 2.24. The van der Waals surface area contributed by atoms with E-state index in [1.807, 2.05) is 6.92 Å². The molecule has 22 heavy (non-hydrogen) atoms. The Morgan fingerprint density at radius 2 is 2.00 bits per heavy atom. The largest absolute Gasteiger partial charge is 0.550 e. The van der Waals surface area contributed by atoms with E-state index < -0.39 is 11.9 Å². The third-order valence-electron chi connectivity index (χ3n) is 3.58. The van der Waals surface area contributed by atoms with E-state index in [0.717, 1.165) is 12.8 Å². The molecule has 5 nitrogen and oxygen atoms in total. The van der Waals surface area contributed by atoms with E-state index in [2.05, 4.69) is 10.9 Å². The van der Waals surface area contributed by atoms with E-state index in [-0.39, 0.29) is 18.2 Å². The van der Waals surface area contributed by atoms with E-state index in [1.54, 1.807) is 31.2 Å². The third kappa shape index (κ3) is 5.93. The fraction of sp³-hybridized carbons (Fsp3) is 0.500. The average Bonchev–Trinajstić information content (AvgIpc) is 2.46. The molecule has 0 aromatic heterocycles. The number of unbranched alkanes of at least 4 members (excludes halogenated alkanes) is 1. The van der Waals surface area contributed by atoms with Gasteiger partial charge in [-0.1, -0.05) is 50.4 Å². The fourth-order valence-corrected chi connectivity index (χ4v) is 2.43. The van der Waals surface area contributed by atoms with Crippen molar-refractivity contribution >= 4 is 29.2 Å². The highest BCUT2D eigenvalue weighted by atomic mass is 35.5. The zero-order valence-electron chi connectivity index (χ0n) is 12.9. The first-order chi connectivity index (χ1) is 10.5. The molecule has 0 bridgehead atoms. The van der Waals surface area contributed by atoms with Crippen LogP contribution < -0.4 is 16.0 Å². The van der Waals surface area contributed by atoms with Crippen LogP contribution in [0.3, 0.4) is 0 Å². The number of hydrogen-bond acceptors (Lipinski definition) is 4. The van der Waals surface area contributed by atoms with Gasteiger partial charge in [0.25, 0.3) is 0 Å². The number of benzene rings is 1. The summed E-state index contributed by atoms with van der Waals surface area (Å²) in [4.78, 5) is 23.1. The summed E-state index contributed by atoms with van der Waals surface area (Å²) < 4.78 is 0. The van der Waals surface area contributed by atoms with Crippen LogP contribution in [0.2, 0.25) is 5.02 Å². The molecule has 0 aliphatic heterocycles. The number of amides is 1. The van der Waals surface area contributed by atoms with E-state index >= 15 is 0 Å². The maximum Gasteiger partial charge on any atom is 0.238 e. The molecule has 0 saturated heterocycles. The molecule has 0 fully saturated rings. The lowest BCUT2D eigenvalue weighted by atomic mass is 9.87. The summed E-state index contributed by atoms with van der Waals surface area (Å²) in [5, 5.41) is 11.7. The van der Waals surface area contributed by atoms with Crippen LogP contribution in [0.4, 0.5) is 5.69 Å². The molecule has 6 heteroatoms. The molecular formula is C16H22ClN2O3-. The second-order valence-electron chi connectivity index (χ2n) is 5.40. The highest BCUT2D eigenvalue weighted by molar-refractivity contribution is 6.33. The molecule has 0 aliphatic rings. The number of aliphatic carboxylic acids is 1. The average molecular weight is 326 g/mol. The minimum Gasteiger partial charge on any atom is -0.550 e. The summed E-state index contributed by atoms with van der Waals surface area (Å²) in [6.45, 7) is 3.75. The summed E-state index contributed by atoms with van der Waals surface area (Å²) in [6.07, 6.45) is 2.37. The summed E-state index contributed by atoms with van der Waals surface area (Å²) in [5.74, 6) is -2.27. The molecular weight excluding hydrogens is 304 g/mol. The molecule has 2 atom stereocenters. The molecule has 1 aromatic carbocycles. The summed E-state index contributed by atoms with van der Waals surface area (Å²) >= 11 is 5.96. The van der Waals surface area contributed by atoms with E-state index in [0.29, 0.717) is 17.1 Å². The molecule has 0 saturated carbocycles. The second kappa shape index (κ2) is 9.30. The highest BCUT2D eigenvalue weighted by Gasteiger charge is 2.20. The van der Waals surface area contributed by atoms with Crippen LogP contribution >= 0.6 is 11.6 Å². The van der Waals surface area contributed by atoms with E-state index in [4.69, 9.17) is 11.6 Å². The number of para-hydroxylation sites is 1. The Labute approximate surface area is 136 Å². The third-order valence-corrected chi connectivity index (χ3v) is 3.91. The summed E-state index contributed by atoms with van der Waals surface area (Å²) in [6, 6.07) is 7.02. The van der Waals surface area contributed by atoms with Gasteiger partial charge < -0.3 is 9.90 Å². The molecule has 0 heterocycles. The Bertz CT molecular complexity index is 508. The van der Waals surface area contributed by atoms with Gasteiger partial charge in [-0.05, 0) is 24.5 Å². The van der Waals surface area contributed by atoms with Crippen LogP contribution in [0.1, 0.15) is 39.5 Å². The molecule has 0 unspecified atom stereocenters. The SMILES string of the molecule is CCCC[C@@H](C(=O)[O-])[C@@H](C)CC(=O)NNc1ccccc1Cl. The summed E-state index contributed by atoms with van der Waals surface area (Å²) in [7, 11) is 0. The normalized spacial score (nSPS) is 13.2. The van der Waals surface area contributed by atoms with Crippen molar-refractivity contribution in [2.24, 2.45) is 11.8 Å². The predicted molar refractivity (Wildman–Crippen MR) is 85.0 cm³/mol. The lowest BCUT2D eigenvalue weighted by Crippen LogP contribution is -2.38. The van der Waals surface area contributed by atoms with Gasteiger partial charge in [0.15, 0.2) is 0 Å². The molecule has 0 radical (unpaired) electrons. The maximum atomic E-state index is 11.9. The number of hydrazine groups is 1.